The maximum absolute atomic E-state index is 10.5. The molecule has 1 fully saturated rings. The second kappa shape index (κ2) is 2.68. The molecule has 2 nitrogen and oxygen atoms in total. The van der Waals surface area contributed by atoms with Crippen LogP contribution in [0.15, 0.2) is 0 Å². The van der Waals surface area contributed by atoms with Gasteiger partial charge in [-0.15, -0.1) is 0 Å². The molecule has 1 aliphatic rings. The number of esters is 1. The van der Waals surface area contributed by atoms with Gasteiger partial charge in [0.05, 0.1) is 0 Å². The van der Waals surface area contributed by atoms with Crippen molar-refractivity contribution in [2.75, 3.05) is 0 Å². The molecule has 8 heavy (non-hydrogen) atoms. The van der Waals surface area contributed by atoms with E-state index in [-0.39, 0.29) is 14.0 Å². The molecule has 1 unspecified atom stereocenters. The minimum absolute atomic E-state index is 0.0648. The second-order valence-corrected chi connectivity index (χ2v) is 4.44. The lowest BCUT2D eigenvalue weighted by molar-refractivity contribution is -0.137. The Morgan fingerprint density at radius 2 is 2.25 bits per heavy atom. The standard InChI is InChI=1S/C4H4I2O2/c5-2-1-3(6)8-4(2)7/h2-3H,1H2/t2?,3-/m1/s1. The molecule has 0 aromatic heterocycles. The van der Waals surface area contributed by atoms with Crippen molar-refractivity contribution in [1.29, 1.82) is 0 Å². The Labute approximate surface area is 74.6 Å². The zero-order chi connectivity index (χ0) is 6.15. The molecule has 0 radical (unpaired) electrons. The monoisotopic (exact) mass is 338 g/mol. The molecule has 0 bridgehead atoms. The Hall–Kier alpha value is 0.930. The van der Waals surface area contributed by atoms with Gasteiger partial charge in [0.15, 0.2) is 4.11 Å². The van der Waals surface area contributed by atoms with E-state index in [1.807, 2.05) is 0 Å². The third-order valence-electron chi connectivity index (χ3n) is 0.892. The summed E-state index contributed by atoms with van der Waals surface area (Å²) in [6, 6.07) is 0. The van der Waals surface area contributed by atoms with Gasteiger partial charge in [-0.05, 0) is 22.6 Å². The van der Waals surface area contributed by atoms with Gasteiger partial charge in [0, 0.05) is 6.42 Å². The first-order valence-corrected chi connectivity index (χ1v) is 4.68. The fourth-order valence-electron chi connectivity index (χ4n) is 0.507. The molecule has 2 atom stereocenters. The Morgan fingerprint density at radius 1 is 1.62 bits per heavy atom. The van der Waals surface area contributed by atoms with Crippen LogP contribution in [0.4, 0.5) is 0 Å². The molecule has 0 spiro atoms. The van der Waals surface area contributed by atoms with Crippen molar-refractivity contribution >= 4 is 51.2 Å². The maximum Gasteiger partial charge on any atom is 0.320 e. The highest BCUT2D eigenvalue weighted by atomic mass is 127. The number of halogens is 2. The molecule has 4 heteroatoms. The quantitative estimate of drug-likeness (QED) is 0.380. The first-order chi connectivity index (χ1) is 3.70. The van der Waals surface area contributed by atoms with E-state index in [0.717, 1.165) is 6.42 Å². The number of ether oxygens (including phenoxy) is 1. The largest absolute Gasteiger partial charge is 0.451 e. The normalized spacial score (nSPS) is 37.5. The van der Waals surface area contributed by atoms with Gasteiger partial charge in [0.2, 0.25) is 0 Å². The molecule has 46 valence electrons. The zero-order valence-electron chi connectivity index (χ0n) is 3.93. The molecule has 0 aromatic rings. The van der Waals surface area contributed by atoms with Gasteiger partial charge in [-0.25, -0.2) is 0 Å². The summed E-state index contributed by atoms with van der Waals surface area (Å²) in [5.41, 5.74) is 0. The number of carbonyl (C=O) groups is 1. The number of rotatable bonds is 0. The number of alkyl halides is 2. The Morgan fingerprint density at radius 3 is 2.38 bits per heavy atom. The smallest absolute Gasteiger partial charge is 0.320 e. The van der Waals surface area contributed by atoms with Crippen LogP contribution >= 0.6 is 45.2 Å². The van der Waals surface area contributed by atoms with Gasteiger partial charge < -0.3 is 4.74 Å². The van der Waals surface area contributed by atoms with E-state index in [9.17, 15) is 4.79 Å². The maximum atomic E-state index is 10.5. The van der Waals surface area contributed by atoms with Gasteiger partial charge >= 0.3 is 5.97 Å². The fourth-order valence-corrected chi connectivity index (χ4v) is 2.85. The van der Waals surface area contributed by atoms with E-state index in [1.165, 1.54) is 0 Å². The third-order valence-corrected chi connectivity index (χ3v) is 2.67. The van der Waals surface area contributed by atoms with E-state index in [1.54, 1.807) is 0 Å². The van der Waals surface area contributed by atoms with Crippen LogP contribution in [0.25, 0.3) is 0 Å². The number of cyclic esters (lactones) is 1. The highest BCUT2D eigenvalue weighted by Crippen LogP contribution is 2.25. The molecule has 0 N–H and O–H groups in total. The lowest BCUT2D eigenvalue weighted by Gasteiger charge is -1.93. The van der Waals surface area contributed by atoms with Gasteiger partial charge in [0.1, 0.15) is 3.92 Å². The summed E-state index contributed by atoms with van der Waals surface area (Å²) in [4.78, 5) is 10.5. The van der Waals surface area contributed by atoms with E-state index in [2.05, 4.69) is 45.2 Å². The van der Waals surface area contributed by atoms with Crippen LogP contribution in [0.3, 0.4) is 0 Å². The number of hydrogen-bond donors (Lipinski definition) is 0. The van der Waals surface area contributed by atoms with Crippen LogP contribution in [-0.2, 0) is 9.53 Å². The van der Waals surface area contributed by atoms with Crippen LogP contribution in [0.2, 0.25) is 0 Å². The van der Waals surface area contributed by atoms with Crippen molar-refractivity contribution < 1.29 is 9.53 Å². The van der Waals surface area contributed by atoms with Gasteiger partial charge in [-0.2, -0.15) is 0 Å². The number of hydrogen-bond acceptors (Lipinski definition) is 2. The predicted molar refractivity (Wildman–Crippen MR) is 46.3 cm³/mol. The lowest BCUT2D eigenvalue weighted by Crippen LogP contribution is -2.03. The average Bonchev–Trinajstić information content (AvgIpc) is 1.85. The van der Waals surface area contributed by atoms with E-state index >= 15 is 0 Å². The summed E-state index contributed by atoms with van der Waals surface area (Å²) in [6.45, 7) is 0. The van der Waals surface area contributed by atoms with Crippen LogP contribution in [-0.4, -0.2) is 14.0 Å². The Kier molecular flexibility index (Phi) is 2.36. The van der Waals surface area contributed by atoms with Crippen LogP contribution in [0.5, 0.6) is 0 Å². The van der Waals surface area contributed by atoms with Gasteiger partial charge in [0.25, 0.3) is 0 Å². The SMILES string of the molecule is O=C1O[C@@H](I)CC1I. The summed E-state index contributed by atoms with van der Waals surface area (Å²) in [7, 11) is 0. The fraction of sp³-hybridized carbons (Fsp3) is 0.750. The molecular formula is C4H4I2O2. The van der Waals surface area contributed by atoms with Crippen molar-refractivity contribution in [2.24, 2.45) is 0 Å². The van der Waals surface area contributed by atoms with Gasteiger partial charge in [-0.3, -0.25) is 4.79 Å². The Bertz CT molecular complexity index is 115. The topological polar surface area (TPSA) is 26.3 Å². The van der Waals surface area contributed by atoms with Crippen molar-refractivity contribution in [3.63, 3.8) is 0 Å². The predicted octanol–water partition coefficient (Wildman–Crippen LogP) is 1.50. The van der Waals surface area contributed by atoms with Gasteiger partial charge in [-0.1, -0.05) is 22.6 Å². The van der Waals surface area contributed by atoms with Crippen molar-refractivity contribution in [2.45, 2.75) is 14.5 Å². The second-order valence-electron chi connectivity index (χ2n) is 1.55. The van der Waals surface area contributed by atoms with E-state index in [0.29, 0.717) is 0 Å². The average molecular weight is 338 g/mol. The van der Waals surface area contributed by atoms with Crippen LogP contribution in [0, 0.1) is 0 Å². The first-order valence-electron chi connectivity index (χ1n) is 2.19. The summed E-state index contributed by atoms with van der Waals surface area (Å²) in [6.07, 6.45) is 0.861. The first kappa shape index (κ1) is 7.04. The van der Waals surface area contributed by atoms with Crippen molar-refractivity contribution in [3.8, 4) is 0 Å². The minimum Gasteiger partial charge on any atom is -0.451 e. The summed E-state index contributed by atoms with van der Waals surface area (Å²) >= 11 is 4.21. The van der Waals surface area contributed by atoms with Crippen molar-refractivity contribution in [3.05, 3.63) is 0 Å². The number of carbonyl (C=O) groups excluding carboxylic acids is 1. The minimum atomic E-state index is -0.0648. The molecule has 0 aliphatic carbocycles. The third kappa shape index (κ3) is 1.46. The summed E-state index contributed by atoms with van der Waals surface area (Å²) in [5, 5.41) is 0. The van der Waals surface area contributed by atoms with E-state index < -0.39 is 0 Å². The molecule has 1 heterocycles. The van der Waals surface area contributed by atoms with E-state index in [4.69, 9.17) is 4.74 Å². The highest BCUT2D eigenvalue weighted by Gasteiger charge is 2.29. The Balaban J connectivity index is 2.51. The summed E-state index contributed by atoms with van der Waals surface area (Å²) < 4.78 is 5.02. The lowest BCUT2D eigenvalue weighted by atomic mass is 10.4. The molecule has 0 aromatic carbocycles. The molecular weight excluding hydrogens is 334 g/mol. The molecule has 1 aliphatic heterocycles. The summed E-state index contributed by atoms with van der Waals surface area (Å²) in [5.74, 6) is -0.0648. The van der Waals surface area contributed by atoms with Crippen molar-refractivity contribution in [1.82, 2.24) is 0 Å². The molecule has 1 saturated heterocycles. The molecule has 0 saturated carbocycles. The molecule has 1 rings (SSSR count). The highest BCUT2D eigenvalue weighted by molar-refractivity contribution is 14.1. The van der Waals surface area contributed by atoms with Crippen LogP contribution < -0.4 is 0 Å². The zero-order valence-corrected chi connectivity index (χ0v) is 8.25. The van der Waals surface area contributed by atoms with Crippen LogP contribution in [0.1, 0.15) is 6.42 Å². The molecule has 0 amide bonds.